The summed E-state index contributed by atoms with van der Waals surface area (Å²) in [7, 11) is 0. The number of fused-ring (bicyclic) bond motifs is 2. The predicted molar refractivity (Wildman–Crippen MR) is 70.6 cm³/mol. The first-order valence-electron chi connectivity index (χ1n) is 5.36. The molecule has 0 aliphatic rings. The largest absolute Gasteiger partial charge is 0.477 e. The number of para-hydroxylation sites is 1. The second-order valence-corrected chi connectivity index (χ2v) is 3.98. The van der Waals surface area contributed by atoms with Crippen LogP contribution in [-0.4, -0.2) is 11.1 Å². The average molecular weight is 244 g/mol. The third-order valence-electron chi connectivity index (χ3n) is 2.73. The number of pyridine rings is 1. The molecule has 0 radical (unpaired) electrons. The van der Waals surface area contributed by atoms with E-state index < -0.39 is 0 Å². The van der Waals surface area contributed by atoms with Gasteiger partial charge in [-0.1, -0.05) is 35.9 Å². The van der Waals surface area contributed by atoms with Crippen molar-refractivity contribution in [3.05, 3.63) is 48.5 Å². The molecule has 0 amide bonds. The number of hydrogen-bond donors (Lipinski definition) is 0. The average Bonchev–Trinajstić information content (AvgIpc) is 2.37. The van der Waals surface area contributed by atoms with E-state index >= 15 is 0 Å². The first-order chi connectivity index (χ1) is 8.38. The van der Waals surface area contributed by atoms with Gasteiger partial charge in [-0.25, -0.2) is 4.98 Å². The second-order valence-electron chi connectivity index (χ2n) is 3.76. The van der Waals surface area contributed by atoms with Crippen molar-refractivity contribution < 1.29 is 4.74 Å². The highest BCUT2D eigenvalue weighted by molar-refractivity contribution is 6.17. The van der Waals surface area contributed by atoms with Gasteiger partial charge in [0.2, 0.25) is 0 Å². The number of nitrogens with zero attached hydrogens (tertiary/aromatic N) is 1. The zero-order valence-corrected chi connectivity index (χ0v) is 9.82. The van der Waals surface area contributed by atoms with Crippen LogP contribution in [-0.2, 0) is 0 Å². The topological polar surface area (TPSA) is 22.1 Å². The van der Waals surface area contributed by atoms with E-state index in [1.165, 1.54) is 0 Å². The van der Waals surface area contributed by atoms with Crippen molar-refractivity contribution >= 4 is 33.4 Å². The van der Waals surface area contributed by atoms with Crippen LogP contribution in [0.2, 0.25) is 0 Å². The van der Waals surface area contributed by atoms with Crippen molar-refractivity contribution in [1.82, 2.24) is 4.98 Å². The Labute approximate surface area is 104 Å². The minimum atomic E-state index is 0.145. The first kappa shape index (κ1) is 10.4. The summed E-state index contributed by atoms with van der Waals surface area (Å²) in [5.41, 5.74) is 1.91. The number of halogens is 1. The first-order valence-corrected chi connectivity index (χ1v) is 5.89. The van der Waals surface area contributed by atoms with Crippen molar-refractivity contribution in [2.24, 2.45) is 0 Å². The molecule has 0 spiro atoms. The highest BCUT2D eigenvalue weighted by Crippen LogP contribution is 2.27. The quantitative estimate of drug-likeness (QED) is 0.502. The molecule has 0 saturated carbocycles. The minimum absolute atomic E-state index is 0.145. The Hall–Kier alpha value is -1.80. The Morgan fingerprint density at radius 1 is 1.00 bits per heavy atom. The molecule has 84 valence electrons. The number of alkyl halides is 1. The van der Waals surface area contributed by atoms with E-state index in [0.29, 0.717) is 0 Å². The van der Waals surface area contributed by atoms with Gasteiger partial charge in [-0.05, 0) is 24.3 Å². The van der Waals surface area contributed by atoms with Crippen LogP contribution >= 0.6 is 11.6 Å². The molecule has 0 aliphatic heterocycles. The molecule has 3 heteroatoms. The van der Waals surface area contributed by atoms with Crippen molar-refractivity contribution in [1.29, 1.82) is 0 Å². The van der Waals surface area contributed by atoms with Gasteiger partial charge >= 0.3 is 0 Å². The zero-order chi connectivity index (χ0) is 11.7. The van der Waals surface area contributed by atoms with Crippen LogP contribution in [0.5, 0.6) is 5.75 Å². The molecule has 0 saturated heterocycles. The minimum Gasteiger partial charge on any atom is -0.477 e. The van der Waals surface area contributed by atoms with Gasteiger partial charge in [0.15, 0.2) is 6.07 Å². The van der Waals surface area contributed by atoms with Crippen LogP contribution in [0.3, 0.4) is 0 Å². The lowest BCUT2D eigenvalue weighted by molar-refractivity contribution is 0.392. The van der Waals surface area contributed by atoms with Gasteiger partial charge in [0, 0.05) is 10.8 Å². The van der Waals surface area contributed by atoms with E-state index in [1.807, 2.05) is 42.5 Å². The Balaban J connectivity index is 2.35. The molecular formula is C14H10ClNO. The van der Waals surface area contributed by atoms with Gasteiger partial charge in [0.1, 0.15) is 5.75 Å². The monoisotopic (exact) mass is 243 g/mol. The van der Waals surface area contributed by atoms with Crippen LogP contribution in [0.1, 0.15) is 0 Å². The number of hydrogen-bond acceptors (Lipinski definition) is 2. The summed E-state index contributed by atoms with van der Waals surface area (Å²) in [6, 6.07) is 16.1. The molecule has 0 fully saturated rings. The lowest BCUT2D eigenvalue weighted by Gasteiger charge is -2.07. The fourth-order valence-corrected chi connectivity index (χ4v) is 2.07. The summed E-state index contributed by atoms with van der Waals surface area (Å²) in [5, 5.41) is 2.09. The Kier molecular flexibility index (Phi) is 2.57. The summed E-state index contributed by atoms with van der Waals surface area (Å²) < 4.78 is 5.39. The second kappa shape index (κ2) is 4.22. The molecular weight excluding hydrogens is 234 g/mol. The fourth-order valence-electron chi connectivity index (χ4n) is 1.96. The van der Waals surface area contributed by atoms with E-state index in [-0.39, 0.29) is 6.07 Å². The maximum Gasteiger partial charge on any atom is 0.162 e. The normalized spacial score (nSPS) is 10.9. The molecule has 0 bridgehead atoms. The van der Waals surface area contributed by atoms with E-state index in [9.17, 15) is 0 Å². The SMILES string of the molecule is ClCOc1cccc2nc3ccccc3cc12. The van der Waals surface area contributed by atoms with Crippen molar-refractivity contribution in [2.45, 2.75) is 0 Å². The molecule has 1 aromatic heterocycles. The Morgan fingerprint density at radius 3 is 2.71 bits per heavy atom. The molecule has 0 aliphatic carbocycles. The molecule has 0 unspecified atom stereocenters. The summed E-state index contributed by atoms with van der Waals surface area (Å²) in [6.07, 6.45) is 0. The molecule has 3 aromatic rings. The number of benzene rings is 2. The van der Waals surface area contributed by atoms with Gasteiger partial charge in [0.05, 0.1) is 11.0 Å². The third-order valence-corrected chi connectivity index (χ3v) is 2.84. The smallest absolute Gasteiger partial charge is 0.162 e. The van der Waals surface area contributed by atoms with E-state index in [1.54, 1.807) is 0 Å². The zero-order valence-electron chi connectivity index (χ0n) is 9.06. The third kappa shape index (κ3) is 1.81. The standard InChI is InChI=1S/C14H10ClNO/c15-9-17-14-7-3-6-13-11(14)8-10-4-1-2-5-12(10)16-13/h1-8H,9H2. The summed E-state index contributed by atoms with van der Waals surface area (Å²) >= 11 is 5.61. The fraction of sp³-hybridized carbons (Fsp3) is 0.0714. The van der Waals surface area contributed by atoms with Crippen LogP contribution in [0.25, 0.3) is 21.8 Å². The molecule has 2 nitrogen and oxygen atoms in total. The van der Waals surface area contributed by atoms with E-state index in [2.05, 4.69) is 11.1 Å². The summed E-state index contributed by atoms with van der Waals surface area (Å²) in [5.74, 6) is 0.774. The van der Waals surface area contributed by atoms with Crippen LogP contribution in [0, 0.1) is 0 Å². The van der Waals surface area contributed by atoms with Gasteiger partial charge in [0.25, 0.3) is 0 Å². The van der Waals surface area contributed by atoms with Gasteiger partial charge < -0.3 is 4.74 Å². The van der Waals surface area contributed by atoms with Gasteiger partial charge in [-0.15, -0.1) is 0 Å². The lowest BCUT2D eigenvalue weighted by Crippen LogP contribution is -1.91. The lowest BCUT2D eigenvalue weighted by atomic mass is 10.1. The molecule has 0 N–H and O–H groups in total. The molecule has 17 heavy (non-hydrogen) atoms. The van der Waals surface area contributed by atoms with Crippen molar-refractivity contribution in [3.8, 4) is 5.75 Å². The molecule has 0 atom stereocenters. The molecule has 3 rings (SSSR count). The number of ether oxygens (including phenoxy) is 1. The van der Waals surface area contributed by atoms with E-state index in [0.717, 1.165) is 27.6 Å². The molecule has 2 aromatic carbocycles. The summed E-state index contributed by atoms with van der Waals surface area (Å²) in [6.45, 7) is 0. The van der Waals surface area contributed by atoms with Crippen molar-refractivity contribution in [3.63, 3.8) is 0 Å². The Morgan fingerprint density at radius 2 is 1.82 bits per heavy atom. The summed E-state index contributed by atoms with van der Waals surface area (Å²) in [4.78, 5) is 4.60. The highest BCUT2D eigenvalue weighted by atomic mass is 35.5. The van der Waals surface area contributed by atoms with Crippen molar-refractivity contribution in [2.75, 3.05) is 6.07 Å². The van der Waals surface area contributed by atoms with Crippen LogP contribution in [0.15, 0.2) is 48.5 Å². The highest BCUT2D eigenvalue weighted by Gasteiger charge is 2.04. The Bertz CT molecular complexity index is 681. The van der Waals surface area contributed by atoms with Crippen LogP contribution < -0.4 is 4.74 Å². The maximum absolute atomic E-state index is 5.61. The van der Waals surface area contributed by atoms with E-state index in [4.69, 9.17) is 16.3 Å². The van der Waals surface area contributed by atoms with Gasteiger partial charge in [-0.3, -0.25) is 0 Å². The molecule has 1 heterocycles. The number of aromatic nitrogens is 1. The predicted octanol–water partition coefficient (Wildman–Crippen LogP) is 3.96. The number of rotatable bonds is 2. The maximum atomic E-state index is 5.61. The van der Waals surface area contributed by atoms with Crippen LogP contribution in [0.4, 0.5) is 0 Å². The van der Waals surface area contributed by atoms with Gasteiger partial charge in [-0.2, -0.15) is 0 Å².